The zero-order chi connectivity index (χ0) is 14.6. The van der Waals surface area contributed by atoms with E-state index in [2.05, 4.69) is 15.9 Å². The first-order chi connectivity index (χ1) is 8.78. The fourth-order valence-electron chi connectivity index (χ4n) is 1.68. The Morgan fingerprint density at radius 1 is 1.21 bits per heavy atom. The molecule has 0 N–H and O–H groups in total. The summed E-state index contributed by atoms with van der Waals surface area (Å²) in [6.45, 7) is 4.14. The molecule has 19 heavy (non-hydrogen) atoms. The van der Waals surface area contributed by atoms with Crippen molar-refractivity contribution >= 4 is 49.2 Å². The number of hydrogen-bond donors (Lipinski definition) is 0. The molecule has 7 heteroatoms. The van der Waals surface area contributed by atoms with Crippen molar-refractivity contribution in [2.75, 3.05) is 11.9 Å². The van der Waals surface area contributed by atoms with Gasteiger partial charge in [-0.15, -0.1) is 0 Å². The molecule has 1 aromatic carbocycles. The van der Waals surface area contributed by atoms with Crippen molar-refractivity contribution in [1.82, 2.24) is 4.31 Å². The number of alkyl halides is 1. The molecular weight excluding hydrogens is 373 g/mol. The summed E-state index contributed by atoms with van der Waals surface area (Å²) in [5.74, 6) is 0. The van der Waals surface area contributed by atoms with Gasteiger partial charge in [0.2, 0.25) is 10.0 Å². The van der Waals surface area contributed by atoms with E-state index in [0.717, 1.165) is 11.8 Å². The first-order valence-electron chi connectivity index (χ1n) is 5.83. The first kappa shape index (κ1) is 17.2. The minimum atomic E-state index is -3.57. The lowest BCUT2D eigenvalue weighted by Gasteiger charge is -2.25. The summed E-state index contributed by atoms with van der Waals surface area (Å²) >= 11 is 15.0. The average Bonchev–Trinajstić information content (AvgIpc) is 2.27. The topological polar surface area (TPSA) is 37.4 Å². The van der Waals surface area contributed by atoms with E-state index in [-0.39, 0.29) is 10.9 Å². The van der Waals surface area contributed by atoms with E-state index in [1.807, 2.05) is 13.8 Å². The number of rotatable bonds is 6. The Kier molecular flexibility index (Phi) is 6.60. The summed E-state index contributed by atoms with van der Waals surface area (Å²) in [6, 6.07) is 4.24. The zero-order valence-electron chi connectivity index (χ0n) is 10.7. The molecule has 0 amide bonds. The SMILES string of the molecule is CC(C)N(CCCBr)S(=O)(=O)c1cc(Cl)cc(Cl)c1. The zero-order valence-corrected chi connectivity index (χ0v) is 14.7. The summed E-state index contributed by atoms with van der Waals surface area (Å²) in [7, 11) is -3.57. The number of nitrogens with zero attached hydrogens (tertiary/aromatic N) is 1. The van der Waals surface area contributed by atoms with Crippen LogP contribution >= 0.6 is 39.1 Å². The van der Waals surface area contributed by atoms with Gasteiger partial charge in [0, 0.05) is 28.0 Å². The molecule has 3 nitrogen and oxygen atoms in total. The summed E-state index contributed by atoms with van der Waals surface area (Å²) in [6.07, 6.45) is 0.742. The van der Waals surface area contributed by atoms with Crippen LogP contribution in [-0.2, 0) is 10.0 Å². The molecule has 0 unspecified atom stereocenters. The summed E-state index contributed by atoms with van der Waals surface area (Å²) in [5.41, 5.74) is 0. The smallest absolute Gasteiger partial charge is 0.207 e. The Labute approximate surface area is 133 Å². The van der Waals surface area contributed by atoms with Crippen LogP contribution in [0.2, 0.25) is 10.0 Å². The maximum Gasteiger partial charge on any atom is 0.243 e. The third-order valence-corrected chi connectivity index (χ3v) is 5.58. The van der Waals surface area contributed by atoms with Gasteiger partial charge in [0.25, 0.3) is 0 Å². The molecule has 1 aromatic rings. The van der Waals surface area contributed by atoms with Gasteiger partial charge in [0.1, 0.15) is 0 Å². The fourth-order valence-corrected chi connectivity index (χ4v) is 4.34. The lowest BCUT2D eigenvalue weighted by atomic mass is 10.3. The molecule has 0 aliphatic carbocycles. The predicted molar refractivity (Wildman–Crippen MR) is 83.9 cm³/mol. The van der Waals surface area contributed by atoms with Crippen LogP contribution in [0.25, 0.3) is 0 Å². The second kappa shape index (κ2) is 7.27. The van der Waals surface area contributed by atoms with Crippen molar-refractivity contribution in [2.45, 2.75) is 31.2 Å². The highest BCUT2D eigenvalue weighted by atomic mass is 79.9. The number of benzene rings is 1. The molecule has 0 fully saturated rings. The largest absolute Gasteiger partial charge is 0.243 e. The molecule has 0 radical (unpaired) electrons. The lowest BCUT2D eigenvalue weighted by Crippen LogP contribution is -2.37. The van der Waals surface area contributed by atoms with Crippen LogP contribution in [-0.4, -0.2) is 30.6 Å². The van der Waals surface area contributed by atoms with Gasteiger partial charge >= 0.3 is 0 Å². The molecule has 108 valence electrons. The van der Waals surface area contributed by atoms with E-state index in [4.69, 9.17) is 23.2 Å². The van der Waals surface area contributed by atoms with Gasteiger partial charge in [-0.1, -0.05) is 39.1 Å². The number of sulfonamides is 1. The Hall–Kier alpha value is 0.190. The molecule has 0 spiro atoms. The Morgan fingerprint density at radius 3 is 2.16 bits per heavy atom. The molecular formula is C12H16BrCl2NO2S. The molecule has 0 aliphatic heterocycles. The van der Waals surface area contributed by atoms with Crippen LogP contribution in [0.1, 0.15) is 20.3 Å². The van der Waals surface area contributed by atoms with Crippen molar-refractivity contribution in [2.24, 2.45) is 0 Å². The van der Waals surface area contributed by atoms with E-state index in [9.17, 15) is 8.42 Å². The van der Waals surface area contributed by atoms with Gasteiger partial charge in [-0.2, -0.15) is 4.31 Å². The molecule has 0 heterocycles. The Bertz CT molecular complexity index is 514. The highest BCUT2D eigenvalue weighted by Crippen LogP contribution is 2.26. The van der Waals surface area contributed by atoms with Crippen molar-refractivity contribution in [3.05, 3.63) is 28.2 Å². The van der Waals surface area contributed by atoms with Crippen molar-refractivity contribution in [1.29, 1.82) is 0 Å². The number of halogens is 3. The summed E-state index contributed by atoms with van der Waals surface area (Å²) in [4.78, 5) is 0.133. The van der Waals surface area contributed by atoms with Crippen molar-refractivity contribution in [3.63, 3.8) is 0 Å². The monoisotopic (exact) mass is 387 g/mol. The minimum Gasteiger partial charge on any atom is -0.207 e. The fraction of sp³-hybridized carbons (Fsp3) is 0.500. The van der Waals surface area contributed by atoms with Crippen LogP contribution in [0.3, 0.4) is 0 Å². The average molecular weight is 389 g/mol. The van der Waals surface area contributed by atoms with Crippen LogP contribution in [0.4, 0.5) is 0 Å². The van der Waals surface area contributed by atoms with E-state index >= 15 is 0 Å². The molecule has 0 saturated heterocycles. The minimum absolute atomic E-state index is 0.123. The van der Waals surface area contributed by atoms with Crippen LogP contribution in [0, 0.1) is 0 Å². The van der Waals surface area contributed by atoms with Crippen LogP contribution in [0.5, 0.6) is 0 Å². The number of hydrogen-bond acceptors (Lipinski definition) is 2. The van der Waals surface area contributed by atoms with E-state index in [0.29, 0.717) is 16.6 Å². The first-order valence-corrected chi connectivity index (χ1v) is 9.14. The van der Waals surface area contributed by atoms with Gasteiger partial charge in [-0.3, -0.25) is 0 Å². The van der Waals surface area contributed by atoms with E-state index < -0.39 is 10.0 Å². The Balaban J connectivity index is 3.18. The van der Waals surface area contributed by atoms with Gasteiger partial charge in [0.05, 0.1) is 4.90 Å². The van der Waals surface area contributed by atoms with Gasteiger partial charge in [0.15, 0.2) is 0 Å². The third kappa shape index (κ3) is 4.60. The van der Waals surface area contributed by atoms with Crippen LogP contribution in [0.15, 0.2) is 23.1 Å². The van der Waals surface area contributed by atoms with Crippen LogP contribution < -0.4 is 0 Å². The van der Waals surface area contributed by atoms with Gasteiger partial charge in [-0.25, -0.2) is 8.42 Å². The Morgan fingerprint density at radius 2 is 1.74 bits per heavy atom. The quantitative estimate of drug-likeness (QED) is 0.685. The van der Waals surface area contributed by atoms with Gasteiger partial charge < -0.3 is 0 Å². The molecule has 0 saturated carbocycles. The van der Waals surface area contributed by atoms with Gasteiger partial charge in [-0.05, 0) is 38.5 Å². The molecule has 0 bridgehead atoms. The van der Waals surface area contributed by atoms with Crippen molar-refractivity contribution < 1.29 is 8.42 Å². The highest BCUT2D eigenvalue weighted by Gasteiger charge is 2.27. The normalized spacial score (nSPS) is 12.4. The lowest BCUT2D eigenvalue weighted by molar-refractivity contribution is 0.355. The maximum atomic E-state index is 12.6. The predicted octanol–water partition coefficient (Wildman–Crippen LogP) is 4.18. The summed E-state index contributed by atoms with van der Waals surface area (Å²) in [5, 5.41) is 1.38. The van der Waals surface area contributed by atoms with Crippen molar-refractivity contribution in [3.8, 4) is 0 Å². The second-order valence-electron chi connectivity index (χ2n) is 4.36. The standard InChI is InChI=1S/C12H16BrCl2NO2S/c1-9(2)16(5-3-4-13)19(17,18)12-7-10(14)6-11(15)8-12/h6-9H,3-5H2,1-2H3. The molecule has 0 aliphatic rings. The maximum absolute atomic E-state index is 12.6. The molecule has 0 aromatic heterocycles. The third-order valence-electron chi connectivity index (χ3n) is 2.53. The molecule has 0 atom stereocenters. The summed E-state index contributed by atoms with van der Waals surface area (Å²) < 4.78 is 26.6. The second-order valence-corrected chi connectivity index (χ2v) is 7.91. The van der Waals surface area contributed by atoms with E-state index in [1.165, 1.54) is 22.5 Å². The highest BCUT2D eigenvalue weighted by molar-refractivity contribution is 9.09. The van der Waals surface area contributed by atoms with E-state index in [1.54, 1.807) is 0 Å². The molecule has 1 rings (SSSR count).